The van der Waals surface area contributed by atoms with Crippen LogP contribution in [-0.4, -0.2) is 29.4 Å². The molecule has 0 saturated carbocycles. The maximum Gasteiger partial charge on any atom is 0.131 e. The summed E-state index contributed by atoms with van der Waals surface area (Å²) >= 11 is 0. The van der Waals surface area contributed by atoms with Crippen LogP contribution in [0.5, 0.6) is 0 Å². The lowest BCUT2D eigenvalue weighted by atomic mass is 10.1. The topological polar surface area (TPSA) is 78.9 Å². The molecule has 0 aliphatic carbocycles. The minimum atomic E-state index is 0.0254. The van der Waals surface area contributed by atoms with Crippen molar-refractivity contribution < 1.29 is 0 Å². The van der Waals surface area contributed by atoms with Gasteiger partial charge >= 0.3 is 0 Å². The Bertz CT molecular complexity index is 388. The maximum absolute atomic E-state index is 7.38. The van der Waals surface area contributed by atoms with Crippen molar-refractivity contribution in [2.75, 3.05) is 18.5 Å². The Morgan fingerprint density at radius 2 is 2.06 bits per heavy atom. The van der Waals surface area contributed by atoms with Gasteiger partial charge in [-0.3, -0.25) is 5.41 Å². The molecule has 0 aromatic carbocycles. The largest absolute Gasteiger partial charge is 0.387 e. The van der Waals surface area contributed by atoms with Gasteiger partial charge in [-0.05, 0) is 5.92 Å². The van der Waals surface area contributed by atoms with E-state index in [1.807, 2.05) is 24.9 Å². The first-order chi connectivity index (χ1) is 7.91. The van der Waals surface area contributed by atoms with Gasteiger partial charge in [0.1, 0.15) is 12.1 Å². The van der Waals surface area contributed by atoms with E-state index in [-0.39, 0.29) is 11.8 Å². The molecule has 3 N–H and O–H groups in total. The van der Waals surface area contributed by atoms with Gasteiger partial charge in [0.2, 0.25) is 0 Å². The van der Waals surface area contributed by atoms with Crippen molar-refractivity contribution in [3.05, 3.63) is 18.1 Å². The summed E-state index contributed by atoms with van der Waals surface area (Å²) in [4.78, 5) is 10.5. The summed E-state index contributed by atoms with van der Waals surface area (Å²) in [6, 6.07) is 1.98. The number of rotatable bonds is 5. The molecule has 5 heteroatoms. The van der Waals surface area contributed by atoms with Gasteiger partial charge in [0, 0.05) is 31.3 Å². The third-order valence-corrected chi connectivity index (χ3v) is 2.74. The second-order valence-corrected chi connectivity index (χ2v) is 4.69. The molecule has 0 radical (unpaired) electrons. The molecular formula is C12H21N5. The third-order valence-electron chi connectivity index (χ3n) is 2.74. The zero-order valence-electron chi connectivity index (χ0n) is 10.9. The van der Waals surface area contributed by atoms with Gasteiger partial charge in [-0.1, -0.05) is 20.8 Å². The van der Waals surface area contributed by atoms with Crippen LogP contribution in [0.15, 0.2) is 12.4 Å². The van der Waals surface area contributed by atoms with E-state index in [0.29, 0.717) is 12.5 Å². The van der Waals surface area contributed by atoms with Crippen molar-refractivity contribution in [3.8, 4) is 0 Å². The Morgan fingerprint density at radius 1 is 1.41 bits per heavy atom. The van der Waals surface area contributed by atoms with Crippen molar-refractivity contribution >= 4 is 11.7 Å². The average molecular weight is 235 g/mol. The molecule has 1 aromatic heterocycles. The van der Waals surface area contributed by atoms with Crippen LogP contribution in [0.1, 0.15) is 32.4 Å². The molecule has 0 aliphatic rings. The number of nitrogens with two attached hydrogens (primary N) is 1. The monoisotopic (exact) mass is 235 g/mol. The lowest BCUT2D eigenvalue weighted by Gasteiger charge is -2.22. The van der Waals surface area contributed by atoms with Gasteiger partial charge in [0.05, 0.1) is 5.84 Å². The van der Waals surface area contributed by atoms with Crippen molar-refractivity contribution in [2.45, 2.75) is 26.7 Å². The summed E-state index contributed by atoms with van der Waals surface area (Å²) < 4.78 is 0. The van der Waals surface area contributed by atoms with Gasteiger partial charge in [-0.15, -0.1) is 0 Å². The lowest BCUT2D eigenvalue weighted by molar-refractivity contribution is 0.717. The molecule has 0 amide bonds. The van der Waals surface area contributed by atoms with E-state index in [0.717, 1.165) is 11.5 Å². The number of aromatic nitrogens is 2. The fourth-order valence-electron chi connectivity index (χ4n) is 1.49. The van der Waals surface area contributed by atoms with Crippen molar-refractivity contribution in [3.63, 3.8) is 0 Å². The van der Waals surface area contributed by atoms with Gasteiger partial charge in [-0.2, -0.15) is 0 Å². The Morgan fingerprint density at radius 3 is 2.59 bits per heavy atom. The molecule has 0 saturated heterocycles. The van der Waals surface area contributed by atoms with E-state index >= 15 is 0 Å². The summed E-state index contributed by atoms with van der Waals surface area (Å²) in [6.45, 7) is 6.82. The summed E-state index contributed by atoms with van der Waals surface area (Å²) in [6.07, 6.45) is 1.58. The number of anilines is 1. The predicted octanol–water partition coefficient (Wildman–Crippen LogP) is 1.61. The first-order valence-electron chi connectivity index (χ1n) is 5.78. The molecule has 17 heavy (non-hydrogen) atoms. The van der Waals surface area contributed by atoms with E-state index < -0.39 is 0 Å². The molecule has 0 spiro atoms. The van der Waals surface area contributed by atoms with Gasteiger partial charge < -0.3 is 10.6 Å². The normalized spacial score (nSPS) is 12.5. The van der Waals surface area contributed by atoms with Crippen LogP contribution >= 0.6 is 0 Å². The molecule has 1 rings (SSSR count). The van der Waals surface area contributed by atoms with E-state index in [2.05, 4.69) is 23.8 Å². The molecule has 5 nitrogen and oxygen atoms in total. The zero-order chi connectivity index (χ0) is 13.0. The van der Waals surface area contributed by atoms with Crippen LogP contribution in [0.3, 0.4) is 0 Å². The number of hydrogen-bond acceptors (Lipinski definition) is 4. The first kappa shape index (κ1) is 13.4. The summed E-state index contributed by atoms with van der Waals surface area (Å²) in [5.74, 6) is 1.49. The van der Waals surface area contributed by atoms with E-state index in [1.165, 1.54) is 0 Å². The highest BCUT2D eigenvalue weighted by Crippen LogP contribution is 2.16. The summed E-state index contributed by atoms with van der Waals surface area (Å²) in [7, 11) is 1.95. The molecule has 94 valence electrons. The van der Waals surface area contributed by atoms with Crippen LogP contribution in [0.4, 0.5) is 5.82 Å². The maximum atomic E-state index is 7.38. The van der Waals surface area contributed by atoms with Crippen LogP contribution in [-0.2, 0) is 0 Å². The highest BCUT2D eigenvalue weighted by atomic mass is 15.2. The highest BCUT2D eigenvalue weighted by molar-refractivity contribution is 5.79. The molecule has 0 fully saturated rings. The van der Waals surface area contributed by atoms with Crippen LogP contribution < -0.4 is 10.6 Å². The average Bonchev–Trinajstić information content (AvgIpc) is 2.28. The molecule has 1 atom stereocenters. The Labute approximate surface area is 103 Å². The second-order valence-electron chi connectivity index (χ2n) is 4.69. The SMILES string of the molecule is CC(CN(C)c1cc(C(C)C)ncn1)C(=N)N. The van der Waals surface area contributed by atoms with Crippen molar-refractivity contribution in [1.29, 1.82) is 5.41 Å². The summed E-state index contributed by atoms with van der Waals surface area (Å²) in [5, 5.41) is 7.38. The minimum Gasteiger partial charge on any atom is -0.387 e. The van der Waals surface area contributed by atoms with Gasteiger partial charge in [0.15, 0.2) is 0 Å². The Hall–Kier alpha value is -1.65. The number of amidine groups is 1. The molecule has 1 aromatic rings. The standard InChI is InChI=1S/C12H21N5/c1-8(2)10-5-11(16-7-15-10)17(4)6-9(3)12(13)14/h5,7-9H,6H2,1-4H3,(H3,13,14). The zero-order valence-corrected chi connectivity index (χ0v) is 10.9. The molecular weight excluding hydrogens is 214 g/mol. The van der Waals surface area contributed by atoms with Gasteiger partial charge in [-0.25, -0.2) is 9.97 Å². The van der Waals surface area contributed by atoms with Crippen molar-refractivity contribution in [1.82, 2.24) is 9.97 Å². The first-order valence-corrected chi connectivity index (χ1v) is 5.78. The fourth-order valence-corrected chi connectivity index (χ4v) is 1.49. The van der Waals surface area contributed by atoms with Crippen molar-refractivity contribution in [2.24, 2.45) is 11.7 Å². The highest BCUT2D eigenvalue weighted by Gasteiger charge is 2.12. The predicted molar refractivity (Wildman–Crippen MR) is 70.5 cm³/mol. The third kappa shape index (κ3) is 3.69. The second kappa shape index (κ2) is 5.61. The van der Waals surface area contributed by atoms with Crippen LogP contribution in [0, 0.1) is 11.3 Å². The smallest absolute Gasteiger partial charge is 0.131 e. The van der Waals surface area contributed by atoms with Crippen LogP contribution in [0.25, 0.3) is 0 Å². The molecule has 0 bridgehead atoms. The molecule has 1 unspecified atom stereocenters. The van der Waals surface area contributed by atoms with E-state index in [9.17, 15) is 0 Å². The quantitative estimate of drug-likeness (QED) is 0.600. The van der Waals surface area contributed by atoms with E-state index in [4.69, 9.17) is 11.1 Å². The van der Waals surface area contributed by atoms with Gasteiger partial charge in [0.25, 0.3) is 0 Å². The fraction of sp³-hybridized carbons (Fsp3) is 0.583. The minimum absolute atomic E-state index is 0.0254. The van der Waals surface area contributed by atoms with Crippen LogP contribution in [0.2, 0.25) is 0 Å². The Balaban J connectivity index is 2.78. The summed E-state index contributed by atoms with van der Waals surface area (Å²) in [5.41, 5.74) is 6.49. The van der Waals surface area contributed by atoms with E-state index in [1.54, 1.807) is 6.33 Å². The number of hydrogen-bond donors (Lipinski definition) is 2. The Kier molecular flexibility index (Phi) is 4.43. The number of nitrogens with one attached hydrogen (secondary N) is 1. The molecule has 1 heterocycles. The molecule has 0 aliphatic heterocycles. The number of nitrogens with zero attached hydrogens (tertiary/aromatic N) is 3. The lowest BCUT2D eigenvalue weighted by Crippen LogP contribution is -2.32.